The zero-order valence-corrected chi connectivity index (χ0v) is 64.5. The zero-order chi connectivity index (χ0) is 80.9. The van der Waals surface area contributed by atoms with Crippen molar-refractivity contribution in [1.29, 1.82) is 0 Å². The number of β-amino-alcohol motifs (C(OH)–C–C–N with tert-alkyl or cyclic N) is 1. The smallest absolute Gasteiger partial charge is 0.302 e. The van der Waals surface area contributed by atoms with Crippen LogP contribution in [-0.2, 0) is 39.6 Å². The van der Waals surface area contributed by atoms with Gasteiger partial charge in [0.05, 0.1) is 67.2 Å². The van der Waals surface area contributed by atoms with Crippen LogP contribution in [0.25, 0.3) is 0 Å². The van der Waals surface area contributed by atoms with E-state index in [-0.39, 0.29) is 98.4 Å². The Morgan fingerprint density at radius 2 is 0.825 bits per heavy atom. The van der Waals surface area contributed by atoms with Crippen LogP contribution in [0.1, 0.15) is 157 Å². The van der Waals surface area contributed by atoms with E-state index in [1.165, 1.54) is 72.8 Å². The first-order valence-electron chi connectivity index (χ1n) is 37.6. The largest absolute Gasteiger partial charge is 0.502 e. The van der Waals surface area contributed by atoms with Crippen molar-refractivity contribution in [2.24, 2.45) is 5.73 Å². The van der Waals surface area contributed by atoms with Crippen molar-refractivity contribution >= 4 is 55.6 Å². The van der Waals surface area contributed by atoms with Crippen LogP contribution in [0.4, 0.5) is 0 Å². The highest BCUT2D eigenvalue weighted by atomic mass is 28.4. The van der Waals surface area contributed by atoms with Crippen LogP contribution in [0.15, 0.2) is 197 Å². The van der Waals surface area contributed by atoms with Gasteiger partial charge in [-0.1, -0.05) is 142 Å². The van der Waals surface area contributed by atoms with E-state index in [0.29, 0.717) is 11.1 Å². The number of imide groups is 2. The van der Waals surface area contributed by atoms with Gasteiger partial charge in [0.1, 0.15) is 25.1 Å². The lowest BCUT2D eigenvalue weighted by molar-refractivity contribution is -0.141. The molecule has 9 aromatic rings. The Hall–Kier alpha value is -12.8. The first-order chi connectivity index (χ1) is 54.7. The number of carbonyl (C=O) groups excluding carboxylic acids is 8. The fraction of sp³-hybridized carbons (Fsp3) is 0.298. The average Bonchev–Trinajstić information content (AvgIpc) is 1.04. The van der Waals surface area contributed by atoms with E-state index in [1.807, 2.05) is 82.8 Å². The number of nitrogens with one attached hydrogen (secondary N) is 1. The summed E-state index contributed by atoms with van der Waals surface area (Å²) in [6.45, 7) is 11.3. The third-order valence-corrected chi connectivity index (χ3v) is 27.1. The molecule has 16 rings (SSSR count). The number of nitrogens with zero attached hydrogens (tertiary/aromatic N) is 10. The van der Waals surface area contributed by atoms with Gasteiger partial charge in [-0.25, -0.2) is 0 Å². The van der Waals surface area contributed by atoms with Gasteiger partial charge in [0.25, 0.3) is 41.4 Å². The van der Waals surface area contributed by atoms with Crippen molar-refractivity contribution in [1.82, 2.24) is 38.5 Å². The molecule has 7 N–H and O–H groups in total. The topological polar surface area (TPSA) is 363 Å². The van der Waals surface area contributed by atoms with Gasteiger partial charge >= 0.3 is 5.97 Å². The summed E-state index contributed by atoms with van der Waals surface area (Å²) in [6, 6.07) is 48.0. The molecule has 3 atom stereocenters. The predicted molar refractivity (Wildman–Crippen MR) is 421 cm³/mol. The number of aromatic hydroxyl groups is 3. The van der Waals surface area contributed by atoms with Gasteiger partial charge in [-0.2, -0.15) is 0 Å². The number of rotatable bonds is 16. The van der Waals surface area contributed by atoms with Crippen LogP contribution in [0, 0.1) is 0 Å². The lowest BCUT2D eigenvalue weighted by Crippen LogP contribution is -2.66. The van der Waals surface area contributed by atoms with Gasteiger partial charge in [-0.05, 0) is 113 Å². The molecule has 5 aliphatic heterocycles. The first kappa shape index (κ1) is 77.9. The number of esters is 1. The molecule has 2 aliphatic carbocycles. The third kappa shape index (κ3) is 14.0. The van der Waals surface area contributed by atoms with E-state index in [9.17, 15) is 73.2 Å². The number of nitrogens with two attached hydrogens (primary N) is 1. The predicted octanol–water partition coefficient (Wildman–Crippen LogP) is 6.33. The normalized spacial score (nSPS) is 17.7. The molecular weight excluding hydrogens is 1480 g/mol. The summed E-state index contributed by atoms with van der Waals surface area (Å²) in [5, 5.41) is 45.4. The molecule has 8 heterocycles. The molecule has 7 aliphatic rings. The number of hydrogen-bond acceptors (Lipinski definition) is 21. The highest BCUT2D eigenvalue weighted by Gasteiger charge is 2.50. The summed E-state index contributed by atoms with van der Waals surface area (Å²) in [4.78, 5) is 149. The standard InChI is InChI=1S/C35H30N4O7.C25H26N4O4.C24H30N4O6Si/c1-21(40)46-19-18-36-29(20-37-33(43)26-12-6-7-13-27(26)34(37)44)39(38-17-16-28(41)32(42)31(38)35(36)45)30-24-10-4-2-8-22(24)14-15-23-9-3-5-11-25(23)30;26-15-21-27(13-14-30)25(33)23-24(32)20(31)11-12-28(23)29(21)22-18-7-3-1-5-16(18)9-10-17-6-2-4-8-19(17)22;1-24(2,3)35(4,5)34-13-12-26-18(25-28-11-10-17(29)20(30)19(28)23(26)33)14-27-21(31)15-8-6-7-9-16(15)22(27)32/h2-13,16-17,29-30,42H,14-15,18-20H2,1H3;1-8,11-12,21-22,30,32H,9-10,13-15,26H2;6-11,18,25,30H,12-14H2,1-5H3. The number of aromatic nitrogens is 3. The summed E-state index contributed by atoms with van der Waals surface area (Å²) in [5.41, 5.74) is 16.3. The van der Waals surface area contributed by atoms with Crippen LogP contribution >= 0.6 is 0 Å². The Morgan fingerprint density at radius 3 is 1.23 bits per heavy atom. The fourth-order valence-corrected chi connectivity index (χ4v) is 16.9. The number of benzene rings is 6. The van der Waals surface area contributed by atoms with Gasteiger partial charge < -0.3 is 55.4 Å². The van der Waals surface area contributed by atoms with Crippen LogP contribution in [0.2, 0.25) is 18.1 Å². The monoisotopic (exact) mass is 1560 g/mol. The Bertz CT molecular complexity index is 5410. The second-order valence-corrected chi connectivity index (χ2v) is 34.9. The first-order valence-corrected chi connectivity index (χ1v) is 40.5. The van der Waals surface area contributed by atoms with E-state index in [0.717, 1.165) is 74.9 Å². The van der Waals surface area contributed by atoms with Crippen molar-refractivity contribution in [2.45, 2.75) is 102 Å². The number of carbonyl (C=O) groups is 8. The molecule has 3 aromatic heterocycles. The molecule has 3 unspecified atom stereocenters. The molecule has 29 nitrogen and oxygen atoms in total. The van der Waals surface area contributed by atoms with Crippen LogP contribution in [-0.4, -0.2) is 192 Å². The lowest BCUT2D eigenvalue weighted by Gasteiger charge is -2.50. The molecule has 6 aromatic carbocycles. The number of hydrogen-bond donors (Lipinski definition) is 6. The van der Waals surface area contributed by atoms with E-state index >= 15 is 0 Å². The van der Waals surface area contributed by atoms with Crippen molar-refractivity contribution in [3.05, 3.63) is 297 Å². The van der Waals surface area contributed by atoms with Crippen molar-refractivity contribution in [3.63, 3.8) is 0 Å². The summed E-state index contributed by atoms with van der Waals surface area (Å²) in [5.74, 6) is -6.28. The van der Waals surface area contributed by atoms with Crippen molar-refractivity contribution in [3.8, 4) is 17.2 Å². The molecule has 114 heavy (non-hydrogen) atoms. The minimum Gasteiger partial charge on any atom is -0.502 e. The summed E-state index contributed by atoms with van der Waals surface area (Å²) in [6.07, 6.45) is 5.10. The second kappa shape index (κ2) is 31.4. The summed E-state index contributed by atoms with van der Waals surface area (Å²) >= 11 is 0. The maximum atomic E-state index is 14.3. The number of fused-ring (bicyclic) bond motifs is 9. The summed E-state index contributed by atoms with van der Waals surface area (Å²) < 4.78 is 15.8. The van der Waals surface area contributed by atoms with E-state index in [2.05, 4.69) is 63.6 Å². The van der Waals surface area contributed by atoms with Crippen molar-refractivity contribution < 1.29 is 67.9 Å². The molecule has 7 amide bonds. The molecule has 0 radical (unpaired) electrons. The Morgan fingerprint density at radius 1 is 0.465 bits per heavy atom. The average molecular weight is 1560 g/mol. The van der Waals surface area contributed by atoms with Gasteiger partial charge in [0.2, 0.25) is 16.3 Å². The highest BCUT2D eigenvalue weighted by Crippen LogP contribution is 2.44. The van der Waals surface area contributed by atoms with Gasteiger partial charge in [-0.3, -0.25) is 86.6 Å². The van der Waals surface area contributed by atoms with Gasteiger partial charge in [-0.15, -0.1) is 0 Å². The van der Waals surface area contributed by atoms with Gasteiger partial charge in [0, 0.05) is 63.3 Å². The number of pyridine rings is 3. The Labute approximate surface area is 655 Å². The van der Waals surface area contributed by atoms with E-state index in [4.69, 9.17) is 14.9 Å². The van der Waals surface area contributed by atoms with Crippen molar-refractivity contribution in [2.75, 3.05) is 74.5 Å². The maximum Gasteiger partial charge on any atom is 0.302 e. The Kier molecular flexibility index (Phi) is 21.5. The molecule has 30 heteroatoms. The van der Waals surface area contributed by atoms with E-state index in [1.54, 1.807) is 53.2 Å². The van der Waals surface area contributed by atoms with Crippen LogP contribution in [0.3, 0.4) is 0 Å². The molecular formula is C84H86N12O17Si. The minimum atomic E-state index is -2.11. The third-order valence-electron chi connectivity index (χ3n) is 22.6. The number of aryl methyl sites for hydroxylation is 4. The molecule has 588 valence electrons. The second-order valence-electron chi connectivity index (χ2n) is 30.1. The quantitative estimate of drug-likeness (QED) is 0.0349. The number of amides is 7. The molecule has 0 saturated carbocycles. The highest BCUT2D eigenvalue weighted by molar-refractivity contribution is 6.74. The molecule has 0 bridgehead atoms. The van der Waals surface area contributed by atoms with Crippen LogP contribution < -0.4 is 37.5 Å². The maximum absolute atomic E-state index is 14.3. The van der Waals surface area contributed by atoms with Crippen LogP contribution in [0.5, 0.6) is 17.2 Å². The Balaban J connectivity index is 0.000000144. The fourth-order valence-electron chi connectivity index (χ4n) is 15.9. The number of ether oxygens (including phenoxy) is 1. The minimum absolute atomic E-state index is 0.0236. The lowest BCUT2D eigenvalue weighted by atomic mass is 9.93. The number of aliphatic hydroxyl groups excluding tert-OH is 1. The SMILES string of the molecule is CC(=O)OCCN1C(=O)c2c(O)c(=O)ccn2N(C2c3ccccc3CCc3ccccc32)C1CN1C(=O)c2ccccc2C1=O.CC(C)(C)[Si](C)(C)OCCN1C(=O)c2c(O)c(=O)ccn2NC1CN1C(=O)c2ccccc2C1=O.NCC1N(CCO)C(=O)c2c(O)c(=O)ccn2N1C1c2ccccc2CCc2ccccc21. The number of aliphatic hydroxyl groups is 1. The zero-order valence-electron chi connectivity index (χ0n) is 63.5. The van der Waals surface area contributed by atoms with Gasteiger partial charge in [0.15, 0.2) is 42.6 Å². The molecule has 0 spiro atoms. The summed E-state index contributed by atoms with van der Waals surface area (Å²) in [7, 11) is -2.11. The molecule has 0 fully saturated rings. The van der Waals surface area contributed by atoms with E-state index < -0.39 is 114 Å². The molecule has 0 saturated heterocycles.